The van der Waals surface area contributed by atoms with Gasteiger partial charge in [0.15, 0.2) is 5.78 Å². The van der Waals surface area contributed by atoms with Gasteiger partial charge < -0.3 is 14.6 Å². The van der Waals surface area contributed by atoms with Crippen LogP contribution in [0.2, 0.25) is 0 Å². The van der Waals surface area contributed by atoms with E-state index < -0.39 is 46.3 Å². The zero-order valence-corrected chi connectivity index (χ0v) is 21.1. The van der Waals surface area contributed by atoms with E-state index in [1.54, 1.807) is 6.08 Å². The fourth-order valence-corrected chi connectivity index (χ4v) is 10.7. The molecule has 0 aromatic heterocycles. The summed E-state index contributed by atoms with van der Waals surface area (Å²) in [7, 11) is 0. The number of allylic oxidation sites excluding steroid dienone is 2. The first kappa shape index (κ1) is 22.9. The molecule has 0 aromatic rings. The Morgan fingerprint density at radius 2 is 1.69 bits per heavy atom. The number of carbonyl (C=O) groups excluding carboxylic acids is 4. The van der Waals surface area contributed by atoms with Crippen LogP contribution in [-0.4, -0.2) is 46.9 Å². The highest BCUT2D eigenvalue weighted by Gasteiger charge is 2.83. The van der Waals surface area contributed by atoms with E-state index in [0.29, 0.717) is 37.7 Å². The lowest BCUT2D eigenvalue weighted by Crippen LogP contribution is -2.59. The second-order valence-corrected chi connectivity index (χ2v) is 13.2. The Kier molecular flexibility index (Phi) is 4.30. The summed E-state index contributed by atoms with van der Waals surface area (Å²) in [6.07, 6.45) is 3.86. The number of ketones is 2. The number of hydrogen-bond acceptors (Lipinski definition) is 7. The van der Waals surface area contributed by atoms with Crippen LogP contribution in [0.25, 0.3) is 0 Å². The molecular formula is C29H34O7. The largest absolute Gasteiger partial charge is 0.461 e. The monoisotopic (exact) mass is 494 g/mol. The van der Waals surface area contributed by atoms with Gasteiger partial charge in [-0.3, -0.25) is 14.4 Å². The molecule has 0 amide bonds. The molecule has 1 spiro atoms. The van der Waals surface area contributed by atoms with E-state index in [1.165, 1.54) is 0 Å². The molecule has 2 aliphatic heterocycles. The molecule has 2 heterocycles. The van der Waals surface area contributed by atoms with Gasteiger partial charge >= 0.3 is 11.9 Å². The molecule has 36 heavy (non-hydrogen) atoms. The Hall–Kier alpha value is -2.28. The zero-order chi connectivity index (χ0) is 25.5. The molecule has 5 aliphatic carbocycles. The van der Waals surface area contributed by atoms with Gasteiger partial charge in [0, 0.05) is 29.2 Å². The summed E-state index contributed by atoms with van der Waals surface area (Å²) in [4.78, 5) is 54.0. The Bertz CT molecular complexity index is 1170. The third-order valence-electron chi connectivity index (χ3n) is 12.0. The van der Waals surface area contributed by atoms with Gasteiger partial charge in [-0.15, -0.1) is 0 Å². The molecule has 7 aliphatic rings. The van der Waals surface area contributed by atoms with E-state index in [1.807, 2.05) is 13.0 Å². The normalized spacial score (nSPS) is 56.7. The molecule has 13 atom stereocenters. The molecule has 0 aromatic carbocycles. The Labute approximate surface area is 210 Å². The number of aliphatic hydroxyl groups excluding tert-OH is 1. The van der Waals surface area contributed by atoms with Crippen molar-refractivity contribution in [2.75, 3.05) is 0 Å². The Morgan fingerprint density at radius 1 is 0.972 bits per heavy atom. The van der Waals surface area contributed by atoms with Crippen molar-refractivity contribution in [2.24, 2.45) is 57.7 Å². The highest BCUT2D eigenvalue weighted by molar-refractivity contribution is 6.00. The van der Waals surface area contributed by atoms with Crippen LogP contribution in [0.15, 0.2) is 24.3 Å². The standard InChI is InChI=1S/C29H34O7/c1-12-7-19-23(24(32)27(4)17(12)5-6-20(27)30)29(26(34)36-19)10-15-9-21(31)28(29)11-16-14(3)25(33)35-18(16)8-13(2)22(15)28/h5-6,12-13,15-19,22-24,32H,3,7-11H2,1-2,4H3/t12-,13-,15+,16-,17+,18-,19?,22-,23?,24+,27+,28?,29-/m1/s1. The molecule has 7 heteroatoms. The van der Waals surface area contributed by atoms with E-state index in [-0.39, 0.29) is 53.2 Å². The minimum atomic E-state index is -1.21. The van der Waals surface area contributed by atoms with Crippen molar-refractivity contribution in [1.29, 1.82) is 0 Å². The lowest BCUT2D eigenvalue weighted by Gasteiger charge is -2.49. The van der Waals surface area contributed by atoms with Gasteiger partial charge in [-0.1, -0.05) is 26.5 Å². The van der Waals surface area contributed by atoms with E-state index in [0.717, 1.165) is 0 Å². The maximum Gasteiger partial charge on any atom is 0.334 e. The first-order chi connectivity index (χ1) is 17.0. The van der Waals surface area contributed by atoms with Crippen LogP contribution >= 0.6 is 0 Å². The van der Waals surface area contributed by atoms with Crippen molar-refractivity contribution < 1.29 is 33.8 Å². The molecule has 0 radical (unpaired) electrons. The molecule has 192 valence electrons. The van der Waals surface area contributed by atoms with Crippen LogP contribution in [0.3, 0.4) is 0 Å². The number of esters is 2. The number of aliphatic hydroxyl groups is 1. The highest BCUT2D eigenvalue weighted by atomic mass is 16.6. The third kappa shape index (κ3) is 2.24. The van der Waals surface area contributed by atoms with E-state index >= 15 is 0 Å². The Balaban J connectivity index is 1.43. The minimum absolute atomic E-state index is 0.00970. The number of Topliss-reactive ketones (excluding diaryl/α,β-unsaturated/α-hetero) is 1. The topological polar surface area (TPSA) is 107 Å². The number of hydrogen-bond donors (Lipinski definition) is 1. The average molecular weight is 495 g/mol. The highest BCUT2D eigenvalue weighted by Crippen LogP contribution is 2.77. The van der Waals surface area contributed by atoms with Crippen LogP contribution in [-0.2, 0) is 28.7 Å². The van der Waals surface area contributed by atoms with Gasteiger partial charge in [-0.25, -0.2) is 4.79 Å². The molecule has 4 saturated carbocycles. The quantitative estimate of drug-likeness (QED) is 0.408. The SMILES string of the molecule is C=C1C(=O)O[C@@H]2C[C@@H](C)[C@@H]3[C@H]4CC(=O)C3(C[C@H]12)[C@@]1(C4)C(=O)OC2C[C@@H](C)[C@@H]3C=CC(=O)[C@@]3(C)[C@@H](O)C21. The van der Waals surface area contributed by atoms with Crippen molar-refractivity contribution in [2.45, 2.75) is 71.2 Å². The van der Waals surface area contributed by atoms with Crippen molar-refractivity contribution in [3.63, 3.8) is 0 Å². The summed E-state index contributed by atoms with van der Waals surface area (Å²) in [5, 5.41) is 12.1. The maximum absolute atomic E-state index is 14.2. The number of rotatable bonds is 0. The number of fused-ring (bicyclic) bond motifs is 4. The van der Waals surface area contributed by atoms with Crippen molar-refractivity contribution in [3.05, 3.63) is 24.3 Å². The van der Waals surface area contributed by atoms with E-state index in [2.05, 4.69) is 20.4 Å². The van der Waals surface area contributed by atoms with Crippen LogP contribution in [0.1, 0.15) is 52.9 Å². The molecular weight excluding hydrogens is 460 g/mol. The summed E-state index contributed by atoms with van der Waals surface area (Å²) in [5.41, 5.74) is -2.96. The van der Waals surface area contributed by atoms with Crippen LogP contribution in [0, 0.1) is 57.7 Å². The molecule has 2 bridgehead atoms. The van der Waals surface area contributed by atoms with Crippen molar-refractivity contribution in [1.82, 2.24) is 0 Å². The van der Waals surface area contributed by atoms with Gasteiger partial charge in [0.25, 0.3) is 0 Å². The summed E-state index contributed by atoms with van der Waals surface area (Å²) in [6, 6.07) is 0. The molecule has 3 unspecified atom stereocenters. The molecule has 7 nitrogen and oxygen atoms in total. The van der Waals surface area contributed by atoms with E-state index in [9.17, 15) is 24.3 Å². The second-order valence-electron chi connectivity index (χ2n) is 13.2. The summed E-state index contributed by atoms with van der Waals surface area (Å²) < 4.78 is 11.8. The fraction of sp³-hybridized carbons (Fsp3) is 0.724. The first-order valence-electron chi connectivity index (χ1n) is 13.5. The van der Waals surface area contributed by atoms with Gasteiger partial charge in [0.2, 0.25) is 0 Å². The summed E-state index contributed by atoms with van der Waals surface area (Å²) >= 11 is 0. The van der Waals surface area contributed by atoms with Crippen LogP contribution in [0.4, 0.5) is 0 Å². The lowest BCUT2D eigenvalue weighted by atomic mass is 9.49. The predicted molar refractivity (Wildman–Crippen MR) is 126 cm³/mol. The maximum atomic E-state index is 14.2. The third-order valence-corrected chi connectivity index (χ3v) is 12.0. The fourth-order valence-electron chi connectivity index (χ4n) is 10.7. The molecule has 6 fully saturated rings. The van der Waals surface area contributed by atoms with Gasteiger partial charge in [0.1, 0.15) is 18.0 Å². The zero-order valence-electron chi connectivity index (χ0n) is 21.1. The van der Waals surface area contributed by atoms with E-state index in [4.69, 9.17) is 9.47 Å². The molecule has 7 rings (SSSR count). The summed E-state index contributed by atoms with van der Waals surface area (Å²) in [6.45, 7) is 10.00. The van der Waals surface area contributed by atoms with Crippen LogP contribution < -0.4 is 0 Å². The van der Waals surface area contributed by atoms with Crippen molar-refractivity contribution >= 4 is 23.5 Å². The molecule has 2 saturated heterocycles. The minimum Gasteiger partial charge on any atom is -0.461 e. The average Bonchev–Trinajstić information content (AvgIpc) is 3.48. The first-order valence-corrected chi connectivity index (χ1v) is 13.5. The number of ether oxygens (including phenoxy) is 2. The van der Waals surface area contributed by atoms with Crippen LogP contribution in [0.5, 0.6) is 0 Å². The second kappa shape index (κ2) is 6.77. The lowest BCUT2D eigenvalue weighted by molar-refractivity contribution is -0.169. The Morgan fingerprint density at radius 3 is 2.44 bits per heavy atom. The van der Waals surface area contributed by atoms with Gasteiger partial charge in [0.05, 0.1) is 16.9 Å². The molecule has 1 N–H and O–H groups in total. The van der Waals surface area contributed by atoms with Gasteiger partial charge in [-0.2, -0.15) is 0 Å². The van der Waals surface area contributed by atoms with Gasteiger partial charge in [-0.05, 0) is 68.3 Å². The smallest absolute Gasteiger partial charge is 0.334 e. The van der Waals surface area contributed by atoms with Crippen molar-refractivity contribution in [3.8, 4) is 0 Å². The summed E-state index contributed by atoms with van der Waals surface area (Å²) in [5.74, 6) is -1.99. The predicted octanol–water partition coefficient (Wildman–Crippen LogP) is 2.80. The number of carbonyl (C=O) groups is 4.